The van der Waals surface area contributed by atoms with E-state index in [-0.39, 0.29) is 5.91 Å². The van der Waals surface area contributed by atoms with E-state index >= 15 is 0 Å². The second-order valence-corrected chi connectivity index (χ2v) is 4.01. The van der Waals surface area contributed by atoms with Gasteiger partial charge in [-0.2, -0.15) is 0 Å². The van der Waals surface area contributed by atoms with Crippen molar-refractivity contribution in [3.63, 3.8) is 0 Å². The number of hydrogen-bond acceptors (Lipinski definition) is 2. The summed E-state index contributed by atoms with van der Waals surface area (Å²) < 4.78 is 5.08. The maximum Gasteiger partial charge on any atom is 0.227 e. The molecule has 1 aromatic carbocycles. The van der Waals surface area contributed by atoms with E-state index in [1.54, 1.807) is 7.11 Å². The molecular formula is C12H15NO2. The highest BCUT2D eigenvalue weighted by molar-refractivity contribution is 5.95. The molecule has 1 heterocycles. The molecule has 0 bridgehead atoms. The van der Waals surface area contributed by atoms with Crippen LogP contribution in [-0.2, 0) is 4.79 Å². The van der Waals surface area contributed by atoms with Gasteiger partial charge < -0.3 is 9.64 Å². The van der Waals surface area contributed by atoms with E-state index in [4.69, 9.17) is 4.74 Å². The standard InChI is InChI=1S/C12H15NO2/c1-9-7-12(14)13(8-9)10-3-5-11(15-2)6-4-10/h3-6,9H,7-8H2,1-2H3. The molecule has 80 valence electrons. The fraction of sp³-hybridized carbons (Fsp3) is 0.417. The predicted octanol–water partition coefficient (Wildman–Crippen LogP) is 2.07. The maximum atomic E-state index is 11.6. The Morgan fingerprint density at radius 1 is 1.33 bits per heavy atom. The number of benzene rings is 1. The van der Waals surface area contributed by atoms with Gasteiger partial charge >= 0.3 is 0 Å². The molecule has 1 aromatic rings. The molecular weight excluding hydrogens is 190 g/mol. The summed E-state index contributed by atoms with van der Waals surface area (Å²) in [7, 11) is 1.64. The number of amides is 1. The molecule has 1 amide bonds. The average molecular weight is 205 g/mol. The SMILES string of the molecule is COc1ccc(N2CC(C)CC2=O)cc1. The summed E-state index contributed by atoms with van der Waals surface area (Å²) in [6, 6.07) is 7.61. The number of hydrogen-bond donors (Lipinski definition) is 0. The van der Waals surface area contributed by atoms with Gasteiger partial charge in [-0.15, -0.1) is 0 Å². The largest absolute Gasteiger partial charge is 0.497 e. The van der Waals surface area contributed by atoms with Gasteiger partial charge in [-0.3, -0.25) is 4.79 Å². The fourth-order valence-electron chi connectivity index (χ4n) is 1.90. The summed E-state index contributed by atoms with van der Waals surface area (Å²) in [6.45, 7) is 2.92. The number of methoxy groups -OCH3 is 1. The Kier molecular flexibility index (Phi) is 2.62. The average Bonchev–Trinajstić information content (AvgIpc) is 2.58. The lowest BCUT2D eigenvalue weighted by atomic mass is 10.2. The maximum absolute atomic E-state index is 11.6. The Morgan fingerprint density at radius 2 is 2.00 bits per heavy atom. The van der Waals surface area contributed by atoms with Crippen molar-refractivity contribution in [1.29, 1.82) is 0 Å². The lowest BCUT2D eigenvalue weighted by molar-refractivity contribution is -0.117. The first-order chi connectivity index (χ1) is 7.20. The molecule has 1 unspecified atom stereocenters. The number of carbonyl (C=O) groups is 1. The summed E-state index contributed by atoms with van der Waals surface area (Å²) >= 11 is 0. The molecule has 1 fully saturated rings. The first-order valence-electron chi connectivity index (χ1n) is 5.15. The fourth-order valence-corrected chi connectivity index (χ4v) is 1.90. The van der Waals surface area contributed by atoms with Gasteiger partial charge in [-0.25, -0.2) is 0 Å². The van der Waals surface area contributed by atoms with Crippen molar-refractivity contribution in [2.24, 2.45) is 5.92 Å². The van der Waals surface area contributed by atoms with Crippen molar-refractivity contribution in [3.05, 3.63) is 24.3 Å². The third-order valence-corrected chi connectivity index (χ3v) is 2.70. The van der Waals surface area contributed by atoms with Crippen molar-refractivity contribution in [3.8, 4) is 5.75 Å². The molecule has 0 N–H and O–H groups in total. The highest BCUT2D eigenvalue weighted by Crippen LogP contribution is 2.26. The molecule has 1 atom stereocenters. The lowest BCUT2D eigenvalue weighted by Crippen LogP contribution is -2.24. The van der Waals surface area contributed by atoms with Crippen LogP contribution in [0.3, 0.4) is 0 Å². The van der Waals surface area contributed by atoms with Gasteiger partial charge in [0.2, 0.25) is 5.91 Å². The van der Waals surface area contributed by atoms with Gasteiger partial charge in [-0.1, -0.05) is 6.92 Å². The van der Waals surface area contributed by atoms with Crippen LogP contribution in [0.25, 0.3) is 0 Å². The van der Waals surface area contributed by atoms with Gasteiger partial charge in [0.05, 0.1) is 7.11 Å². The van der Waals surface area contributed by atoms with Crippen LogP contribution in [0.4, 0.5) is 5.69 Å². The summed E-state index contributed by atoms with van der Waals surface area (Å²) in [5, 5.41) is 0. The second kappa shape index (κ2) is 3.93. The van der Waals surface area contributed by atoms with Crippen LogP contribution in [-0.4, -0.2) is 19.6 Å². The van der Waals surface area contributed by atoms with Crippen LogP contribution in [0.15, 0.2) is 24.3 Å². The molecule has 2 rings (SSSR count). The number of rotatable bonds is 2. The molecule has 0 aliphatic carbocycles. The Hall–Kier alpha value is -1.51. The number of anilines is 1. The van der Waals surface area contributed by atoms with Crippen molar-refractivity contribution < 1.29 is 9.53 Å². The molecule has 0 radical (unpaired) electrons. The highest BCUT2D eigenvalue weighted by atomic mass is 16.5. The van der Waals surface area contributed by atoms with Crippen molar-refractivity contribution >= 4 is 11.6 Å². The van der Waals surface area contributed by atoms with E-state index in [2.05, 4.69) is 6.92 Å². The summed E-state index contributed by atoms with van der Waals surface area (Å²) in [6.07, 6.45) is 0.659. The minimum atomic E-state index is 0.215. The van der Waals surface area contributed by atoms with E-state index in [1.807, 2.05) is 29.2 Å². The van der Waals surface area contributed by atoms with E-state index in [0.29, 0.717) is 12.3 Å². The smallest absolute Gasteiger partial charge is 0.227 e. The number of carbonyl (C=O) groups excluding carboxylic acids is 1. The molecule has 0 aromatic heterocycles. The van der Waals surface area contributed by atoms with Crippen LogP contribution in [0.5, 0.6) is 5.75 Å². The van der Waals surface area contributed by atoms with E-state index in [0.717, 1.165) is 18.0 Å². The Labute approximate surface area is 89.7 Å². The zero-order valence-corrected chi connectivity index (χ0v) is 9.06. The molecule has 0 saturated carbocycles. The van der Waals surface area contributed by atoms with Crippen LogP contribution < -0.4 is 9.64 Å². The molecule has 3 nitrogen and oxygen atoms in total. The molecule has 1 aliphatic heterocycles. The molecule has 1 saturated heterocycles. The number of nitrogens with zero attached hydrogens (tertiary/aromatic N) is 1. The topological polar surface area (TPSA) is 29.5 Å². The minimum Gasteiger partial charge on any atom is -0.497 e. The number of ether oxygens (including phenoxy) is 1. The van der Waals surface area contributed by atoms with E-state index < -0.39 is 0 Å². The summed E-state index contributed by atoms with van der Waals surface area (Å²) in [5.41, 5.74) is 0.963. The summed E-state index contributed by atoms with van der Waals surface area (Å²) in [5.74, 6) is 1.49. The van der Waals surface area contributed by atoms with Crippen molar-refractivity contribution in [1.82, 2.24) is 0 Å². The highest BCUT2D eigenvalue weighted by Gasteiger charge is 2.27. The monoisotopic (exact) mass is 205 g/mol. The van der Waals surface area contributed by atoms with Gasteiger partial charge in [0.15, 0.2) is 0 Å². The predicted molar refractivity (Wildman–Crippen MR) is 59.1 cm³/mol. The molecule has 0 spiro atoms. The van der Waals surface area contributed by atoms with Crippen molar-refractivity contribution in [2.45, 2.75) is 13.3 Å². The normalized spacial score (nSPS) is 20.8. The summed E-state index contributed by atoms with van der Waals surface area (Å²) in [4.78, 5) is 13.5. The molecule has 1 aliphatic rings. The Bertz CT molecular complexity index is 358. The van der Waals surface area contributed by atoms with Crippen LogP contribution in [0.1, 0.15) is 13.3 Å². The van der Waals surface area contributed by atoms with Crippen LogP contribution in [0.2, 0.25) is 0 Å². The zero-order valence-electron chi connectivity index (χ0n) is 9.06. The van der Waals surface area contributed by atoms with E-state index in [1.165, 1.54) is 0 Å². The Balaban J connectivity index is 2.19. The zero-order chi connectivity index (χ0) is 10.8. The molecule has 15 heavy (non-hydrogen) atoms. The minimum absolute atomic E-state index is 0.215. The van der Waals surface area contributed by atoms with Crippen LogP contribution in [0, 0.1) is 5.92 Å². The Morgan fingerprint density at radius 3 is 2.47 bits per heavy atom. The first kappa shape index (κ1) is 10.0. The van der Waals surface area contributed by atoms with Crippen LogP contribution >= 0.6 is 0 Å². The lowest BCUT2D eigenvalue weighted by Gasteiger charge is -2.16. The first-order valence-corrected chi connectivity index (χ1v) is 5.15. The third kappa shape index (κ3) is 1.96. The van der Waals surface area contributed by atoms with Gasteiger partial charge in [0.25, 0.3) is 0 Å². The molecule has 3 heteroatoms. The van der Waals surface area contributed by atoms with E-state index in [9.17, 15) is 4.79 Å². The van der Waals surface area contributed by atoms with Gasteiger partial charge in [0, 0.05) is 18.7 Å². The quantitative estimate of drug-likeness (QED) is 0.739. The van der Waals surface area contributed by atoms with Gasteiger partial charge in [-0.05, 0) is 30.2 Å². The second-order valence-electron chi connectivity index (χ2n) is 4.01. The van der Waals surface area contributed by atoms with Gasteiger partial charge in [0.1, 0.15) is 5.75 Å². The third-order valence-electron chi connectivity index (χ3n) is 2.70. The van der Waals surface area contributed by atoms with Crippen molar-refractivity contribution in [2.75, 3.05) is 18.6 Å².